The molecule has 1 aromatic carbocycles. The van der Waals surface area contributed by atoms with Crippen LogP contribution in [-0.2, 0) is 21.6 Å². The van der Waals surface area contributed by atoms with E-state index in [9.17, 15) is 4.79 Å². The smallest absolute Gasteiger partial charge is 0.246 e. The molecule has 7 heteroatoms. The molecule has 3 heterocycles. The largest absolute Gasteiger partial charge is 0.364 e. The number of hydrogen-bond acceptors (Lipinski definition) is 6. The molecule has 148 valence electrons. The van der Waals surface area contributed by atoms with Crippen LogP contribution in [0.2, 0.25) is 0 Å². The lowest BCUT2D eigenvalue weighted by molar-refractivity contribution is -0.152. The number of hydrogen-bond donors (Lipinski definition) is 2. The minimum atomic E-state index is -0.447. The minimum absolute atomic E-state index is 0.0443. The van der Waals surface area contributed by atoms with E-state index in [0.29, 0.717) is 5.95 Å². The van der Waals surface area contributed by atoms with Gasteiger partial charge in [0.05, 0.1) is 11.6 Å². The number of piperidine rings is 1. The number of nitrogens with zero attached hydrogens (tertiary/aromatic N) is 3. The summed E-state index contributed by atoms with van der Waals surface area (Å²) in [5.41, 5.74) is 1.74. The third-order valence-electron chi connectivity index (χ3n) is 5.51. The lowest BCUT2D eigenvalue weighted by Crippen LogP contribution is -2.66. The second kappa shape index (κ2) is 8.24. The minimum Gasteiger partial charge on any atom is -0.364 e. The van der Waals surface area contributed by atoms with Crippen molar-refractivity contribution < 1.29 is 9.53 Å². The van der Waals surface area contributed by atoms with Gasteiger partial charge in [0.15, 0.2) is 0 Å². The number of anilines is 1. The van der Waals surface area contributed by atoms with Crippen molar-refractivity contribution in [3.63, 3.8) is 0 Å². The van der Waals surface area contributed by atoms with E-state index in [1.165, 1.54) is 0 Å². The van der Waals surface area contributed by atoms with Crippen molar-refractivity contribution in [1.82, 2.24) is 20.2 Å². The first-order valence-electron chi connectivity index (χ1n) is 9.95. The molecule has 0 spiro atoms. The van der Waals surface area contributed by atoms with Gasteiger partial charge in [0.1, 0.15) is 6.61 Å². The molecule has 1 aromatic heterocycles. The molecular formula is C21H27N5O2. The standard InChI is InChI=1S/C21H27N5O2/c1-2-9-22-20-23-11-16(12-24-20)13-26-10-8-21(17-6-4-3-5-7-17)18(14-26)28-15-19(27)25-21/h3-7,11-12,18H,2,8-10,13-15H2,1H3,(H,25,27)(H,22,23,24)/t18-,21+/m1/s1. The molecule has 2 atom stereocenters. The second-order valence-corrected chi connectivity index (χ2v) is 7.51. The zero-order valence-corrected chi connectivity index (χ0v) is 16.2. The Bertz CT molecular complexity index is 798. The number of nitrogens with one attached hydrogen (secondary N) is 2. The number of ether oxygens (including phenoxy) is 1. The van der Waals surface area contributed by atoms with Gasteiger partial charge in [-0.2, -0.15) is 0 Å². The van der Waals surface area contributed by atoms with E-state index in [4.69, 9.17) is 4.74 Å². The Balaban J connectivity index is 1.45. The molecule has 28 heavy (non-hydrogen) atoms. The lowest BCUT2D eigenvalue weighted by Gasteiger charge is -2.50. The van der Waals surface area contributed by atoms with Gasteiger partial charge in [-0.25, -0.2) is 9.97 Å². The number of morpholine rings is 1. The van der Waals surface area contributed by atoms with Crippen LogP contribution in [0.15, 0.2) is 42.7 Å². The number of rotatable bonds is 6. The van der Waals surface area contributed by atoms with Crippen LogP contribution >= 0.6 is 0 Å². The number of fused-ring (bicyclic) bond motifs is 1. The van der Waals surface area contributed by atoms with Crippen LogP contribution in [-0.4, -0.2) is 53.1 Å². The molecule has 2 aromatic rings. The van der Waals surface area contributed by atoms with E-state index in [-0.39, 0.29) is 18.6 Å². The first-order valence-corrected chi connectivity index (χ1v) is 9.95. The summed E-state index contributed by atoms with van der Waals surface area (Å²) in [5, 5.41) is 6.43. The van der Waals surface area contributed by atoms with Gasteiger partial charge in [-0.05, 0) is 18.4 Å². The highest BCUT2D eigenvalue weighted by Crippen LogP contribution is 2.37. The molecule has 2 aliphatic rings. The van der Waals surface area contributed by atoms with Gasteiger partial charge >= 0.3 is 0 Å². The maximum Gasteiger partial charge on any atom is 0.246 e. The van der Waals surface area contributed by atoms with Crippen LogP contribution in [0, 0.1) is 0 Å². The molecule has 1 amide bonds. The summed E-state index contributed by atoms with van der Waals surface area (Å²) in [6, 6.07) is 10.2. The Morgan fingerprint density at radius 2 is 2.07 bits per heavy atom. The molecule has 2 aliphatic heterocycles. The lowest BCUT2D eigenvalue weighted by atomic mass is 9.77. The predicted octanol–water partition coefficient (Wildman–Crippen LogP) is 1.91. The zero-order valence-electron chi connectivity index (χ0n) is 16.2. The highest BCUT2D eigenvalue weighted by Gasteiger charge is 2.48. The molecule has 0 saturated carbocycles. The number of aromatic nitrogens is 2. The first kappa shape index (κ1) is 18.8. The van der Waals surface area contributed by atoms with Gasteiger partial charge in [0, 0.05) is 44.1 Å². The van der Waals surface area contributed by atoms with Crippen LogP contribution in [0.5, 0.6) is 0 Å². The fourth-order valence-corrected chi connectivity index (χ4v) is 4.08. The van der Waals surface area contributed by atoms with Crippen molar-refractivity contribution in [1.29, 1.82) is 0 Å². The number of likely N-dealkylation sites (tertiary alicyclic amines) is 1. The van der Waals surface area contributed by atoms with Gasteiger partial charge in [0.2, 0.25) is 11.9 Å². The van der Waals surface area contributed by atoms with Gasteiger partial charge in [0.25, 0.3) is 0 Å². The molecule has 0 radical (unpaired) electrons. The molecule has 0 aliphatic carbocycles. The summed E-state index contributed by atoms with van der Waals surface area (Å²) < 4.78 is 5.99. The Morgan fingerprint density at radius 1 is 1.29 bits per heavy atom. The Hall–Kier alpha value is -2.51. The third-order valence-corrected chi connectivity index (χ3v) is 5.51. The number of amides is 1. The summed E-state index contributed by atoms with van der Waals surface area (Å²) >= 11 is 0. The SMILES string of the molecule is CCCNc1ncc(CN2CC[C@@]3(c4ccccc4)NC(=O)CO[C@@H]3C2)cn1. The quantitative estimate of drug-likeness (QED) is 0.796. The highest BCUT2D eigenvalue weighted by molar-refractivity contribution is 5.79. The van der Waals surface area contributed by atoms with E-state index in [1.54, 1.807) is 0 Å². The van der Waals surface area contributed by atoms with Crippen molar-refractivity contribution >= 4 is 11.9 Å². The van der Waals surface area contributed by atoms with Gasteiger partial charge in [-0.3, -0.25) is 9.69 Å². The Kier molecular flexibility index (Phi) is 5.54. The van der Waals surface area contributed by atoms with Gasteiger partial charge in [-0.15, -0.1) is 0 Å². The summed E-state index contributed by atoms with van der Waals surface area (Å²) in [4.78, 5) is 23.2. The predicted molar refractivity (Wildman–Crippen MR) is 107 cm³/mol. The van der Waals surface area contributed by atoms with Gasteiger partial charge < -0.3 is 15.4 Å². The van der Waals surface area contributed by atoms with Crippen molar-refractivity contribution in [2.45, 2.75) is 38.0 Å². The maximum absolute atomic E-state index is 12.1. The van der Waals surface area contributed by atoms with Crippen LogP contribution in [0.1, 0.15) is 30.9 Å². The fourth-order valence-electron chi connectivity index (χ4n) is 4.08. The van der Waals surface area contributed by atoms with E-state index in [1.807, 2.05) is 30.6 Å². The Morgan fingerprint density at radius 3 is 2.82 bits per heavy atom. The fraction of sp³-hybridized carbons (Fsp3) is 0.476. The summed E-state index contributed by atoms with van der Waals surface area (Å²) in [5.74, 6) is 0.628. The second-order valence-electron chi connectivity index (χ2n) is 7.51. The van der Waals surface area contributed by atoms with Crippen LogP contribution in [0.25, 0.3) is 0 Å². The van der Waals surface area contributed by atoms with E-state index in [0.717, 1.165) is 50.1 Å². The molecule has 0 unspecified atom stereocenters. The number of carbonyl (C=O) groups is 1. The van der Waals surface area contributed by atoms with Crippen molar-refractivity contribution in [3.8, 4) is 0 Å². The molecule has 4 rings (SSSR count). The zero-order chi connectivity index (χ0) is 19.4. The van der Waals surface area contributed by atoms with Crippen molar-refractivity contribution in [2.24, 2.45) is 0 Å². The average molecular weight is 381 g/mol. The normalized spacial score (nSPS) is 25.0. The summed E-state index contributed by atoms with van der Waals surface area (Å²) in [6.07, 6.45) is 5.54. The molecule has 2 N–H and O–H groups in total. The van der Waals surface area contributed by atoms with Crippen molar-refractivity contribution in [2.75, 3.05) is 31.6 Å². The van der Waals surface area contributed by atoms with E-state index in [2.05, 4.69) is 44.6 Å². The van der Waals surface area contributed by atoms with E-state index < -0.39 is 5.54 Å². The monoisotopic (exact) mass is 381 g/mol. The van der Waals surface area contributed by atoms with Crippen LogP contribution in [0.3, 0.4) is 0 Å². The molecular weight excluding hydrogens is 354 g/mol. The third kappa shape index (κ3) is 3.86. The Labute approximate surface area is 165 Å². The highest BCUT2D eigenvalue weighted by atomic mass is 16.5. The molecule has 0 bridgehead atoms. The van der Waals surface area contributed by atoms with Crippen LogP contribution in [0.4, 0.5) is 5.95 Å². The average Bonchev–Trinajstić information content (AvgIpc) is 2.74. The molecule has 2 saturated heterocycles. The first-order chi connectivity index (χ1) is 13.7. The van der Waals surface area contributed by atoms with Crippen molar-refractivity contribution in [3.05, 3.63) is 53.9 Å². The number of benzene rings is 1. The van der Waals surface area contributed by atoms with E-state index >= 15 is 0 Å². The molecule has 7 nitrogen and oxygen atoms in total. The summed E-state index contributed by atoms with van der Waals surface area (Å²) in [6.45, 7) is 5.50. The summed E-state index contributed by atoms with van der Waals surface area (Å²) in [7, 11) is 0. The van der Waals surface area contributed by atoms with Crippen LogP contribution < -0.4 is 10.6 Å². The number of carbonyl (C=O) groups excluding carboxylic acids is 1. The van der Waals surface area contributed by atoms with Gasteiger partial charge in [-0.1, -0.05) is 37.3 Å². The topological polar surface area (TPSA) is 79.4 Å². The molecule has 2 fully saturated rings. The maximum atomic E-state index is 12.1.